The van der Waals surface area contributed by atoms with Crippen LogP contribution in [0.5, 0.6) is 0 Å². The number of nitrogens with zero attached hydrogens (tertiary/aromatic N) is 2. The number of carbonyl (C=O) groups is 1. The Kier molecular flexibility index (Phi) is 6.51. The summed E-state index contributed by atoms with van der Waals surface area (Å²) in [7, 11) is -3.30. The summed E-state index contributed by atoms with van der Waals surface area (Å²) in [6, 6.07) is 15.2. The molecule has 2 aliphatic heterocycles. The van der Waals surface area contributed by atoms with E-state index in [4.69, 9.17) is 0 Å². The Bertz CT molecular complexity index is 1010. The monoisotopic (exact) mass is 441 g/mol. The zero-order chi connectivity index (χ0) is 21.8. The highest BCUT2D eigenvalue weighted by Gasteiger charge is 2.26. The highest BCUT2D eigenvalue weighted by atomic mass is 32.2. The van der Waals surface area contributed by atoms with E-state index >= 15 is 0 Å². The smallest absolute Gasteiger partial charge is 0.251 e. The molecule has 0 aromatic heterocycles. The lowest BCUT2D eigenvalue weighted by atomic mass is 10.1. The van der Waals surface area contributed by atoms with E-state index in [0.717, 1.165) is 25.1 Å². The maximum Gasteiger partial charge on any atom is 0.251 e. The van der Waals surface area contributed by atoms with E-state index in [9.17, 15) is 13.2 Å². The first-order valence-electron chi connectivity index (χ1n) is 11.2. The fourth-order valence-corrected chi connectivity index (χ4v) is 6.00. The molecule has 1 atom stereocenters. The van der Waals surface area contributed by atoms with Crippen LogP contribution in [0.15, 0.2) is 48.5 Å². The second kappa shape index (κ2) is 9.30. The highest BCUT2D eigenvalue weighted by molar-refractivity contribution is 7.92. The minimum atomic E-state index is -3.30. The van der Waals surface area contributed by atoms with Gasteiger partial charge in [-0.2, -0.15) is 0 Å². The second-order valence-electron chi connectivity index (χ2n) is 8.48. The molecule has 0 radical (unpaired) electrons. The molecule has 2 aliphatic rings. The number of carbonyl (C=O) groups excluding carboxylic acids is 1. The van der Waals surface area contributed by atoms with Crippen molar-refractivity contribution in [2.45, 2.75) is 45.1 Å². The van der Waals surface area contributed by atoms with Crippen molar-refractivity contribution < 1.29 is 13.2 Å². The lowest BCUT2D eigenvalue weighted by Crippen LogP contribution is -2.38. The molecular formula is C24H31N3O3S. The molecule has 2 aromatic carbocycles. The van der Waals surface area contributed by atoms with Crippen LogP contribution in [0.4, 0.5) is 11.4 Å². The molecule has 0 aliphatic carbocycles. The van der Waals surface area contributed by atoms with Gasteiger partial charge in [-0.25, -0.2) is 8.42 Å². The first-order chi connectivity index (χ1) is 14.9. The van der Waals surface area contributed by atoms with Gasteiger partial charge in [0.2, 0.25) is 10.0 Å². The van der Waals surface area contributed by atoms with Crippen molar-refractivity contribution >= 4 is 27.3 Å². The van der Waals surface area contributed by atoms with E-state index < -0.39 is 10.0 Å². The van der Waals surface area contributed by atoms with Crippen LogP contribution in [-0.4, -0.2) is 39.7 Å². The lowest BCUT2D eigenvalue weighted by Gasteiger charge is -2.29. The topological polar surface area (TPSA) is 69.7 Å². The van der Waals surface area contributed by atoms with Gasteiger partial charge >= 0.3 is 0 Å². The summed E-state index contributed by atoms with van der Waals surface area (Å²) in [5, 5.41) is 3.04. The molecule has 4 rings (SSSR count). The zero-order valence-corrected chi connectivity index (χ0v) is 18.9. The Morgan fingerprint density at radius 1 is 0.903 bits per heavy atom. The third kappa shape index (κ3) is 5.03. The largest absolute Gasteiger partial charge is 0.372 e. The van der Waals surface area contributed by atoms with E-state index in [2.05, 4.69) is 34.5 Å². The number of sulfonamides is 1. The van der Waals surface area contributed by atoms with Crippen molar-refractivity contribution in [1.82, 2.24) is 5.32 Å². The van der Waals surface area contributed by atoms with Gasteiger partial charge in [0.05, 0.1) is 17.5 Å². The predicted octanol–water partition coefficient (Wildman–Crippen LogP) is 4.10. The number of amides is 1. The number of nitrogens with one attached hydrogen (secondary N) is 1. The molecule has 0 spiro atoms. The third-order valence-corrected chi connectivity index (χ3v) is 8.08. The molecule has 166 valence electrons. The Morgan fingerprint density at radius 2 is 1.61 bits per heavy atom. The Morgan fingerprint density at radius 3 is 2.32 bits per heavy atom. The molecule has 31 heavy (non-hydrogen) atoms. The fraction of sp³-hybridized carbons (Fsp3) is 0.458. The molecule has 1 unspecified atom stereocenters. The molecular weight excluding hydrogens is 410 g/mol. The van der Waals surface area contributed by atoms with Crippen LogP contribution in [0, 0.1) is 0 Å². The summed E-state index contributed by atoms with van der Waals surface area (Å²) < 4.78 is 26.2. The predicted molar refractivity (Wildman–Crippen MR) is 125 cm³/mol. The molecule has 0 bridgehead atoms. The van der Waals surface area contributed by atoms with Gasteiger partial charge in [0.15, 0.2) is 0 Å². The molecule has 2 aromatic rings. The van der Waals surface area contributed by atoms with Gasteiger partial charge in [-0.15, -0.1) is 0 Å². The van der Waals surface area contributed by atoms with Gasteiger partial charge in [-0.3, -0.25) is 9.10 Å². The van der Waals surface area contributed by atoms with E-state index in [1.165, 1.54) is 29.3 Å². The SMILES string of the molecule is CC(NC(=O)c1cccc(N2CCCCS2(=O)=O)c1)c1ccc(N2CCCCC2)cc1. The van der Waals surface area contributed by atoms with Gasteiger partial charge in [0.25, 0.3) is 5.91 Å². The molecule has 2 heterocycles. The number of anilines is 2. The average Bonchev–Trinajstić information content (AvgIpc) is 2.79. The van der Waals surface area contributed by atoms with Crippen LogP contribution in [-0.2, 0) is 10.0 Å². The van der Waals surface area contributed by atoms with Gasteiger partial charge in [0.1, 0.15) is 0 Å². The van der Waals surface area contributed by atoms with Crippen LogP contribution in [0.25, 0.3) is 0 Å². The van der Waals surface area contributed by atoms with E-state index in [-0.39, 0.29) is 17.7 Å². The summed E-state index contributed by atoms with van der Waals surface area (Å²) in [4.78, 5) is 15.3. The van der Waals surface area contributed by atoms with Crippen molar-refractivity contribution in [3.63, 3.8) is 0 Å². The number of rotatable bonds is 5. The van der Waals surface area contributed by atoms with Crippen molar-refractivity contribution in [1.29, 1.82) is 0 Å². The lowest BCUT2D eigenvalue weighted by molar-refractivity contribution is 0.0940. The Balaban J connectivity index is 1.43. The first-order valence-corrected chi connectivity index (χ1v) is 12.8. The molecule has 2 saturated heterocycles. The third-order valence-electron chi connectivity index (χ3n) is 6.21. The quantitative estimate of drug-likeness (QED) is 0.759. The molecule has 2 fully saturated rings. The van der Waals surface area contributed by atoms with Gasteiger partial charge in [-0.1, -0.05) is 18.2 Å². The summed E-state index contributed by atoms with van der Waals surface area (Å²) in [5.74, 6) is -0.0442. The first kappa shape index (κ1) is 21.7. The zero-order valence-electron chi connectivity index (χ0n) is 18.1. The van der Waals surface area contributed by atoms with E-state index in [0.29, 0.717) is 24.2 Å². The molecule has 0 saturated carbocycles. The van der Waals surface area contributed by atoms with Gasteiger partial charge < -0.3 is 10.2 Å². The van der Waals surface area contributed by atoms with Crippen molar-refractivity contribution in [2.24, 2.45) is 0 Å². The van der Waals surface area contributed by atoms with Crippen LogP contribution in [0.1, 0.15) is 61.0 Å². The Hall–Kier alpha value is -2.54. The molecule has 7 heteroatoms. The summed E-state index contributed by atoms with van der Waals surface area (Å²) in [6.45, 7) is 4.64. The number of piperidine rings is 1. The summed E-state index contributed by atoms with van der Waals surface area (Å²) in [5.41, 5.74) is 3.31. The normalized spacial score (nSPS) is 19.6. The second-order valence-corrected chi connectivity index (χ2v) is 10.5. The number of hydrogen-bond acceptors (Lipinski definition) is 4. The molecule has 1 amide bonds. The minimum Gasteiger partial charge on any atom is -0.372 e. The van der Waals surface area contributed by atoms with Crippen LogP contribution in [0.2, 0.25) is 0 Å². The summed E-state index contributed by atoms with van der Waals surface area (Å²) >= 11 is 0. The van der Waals surface area contributed by atoms with Crippen molar-refractivity contribution in [2.75, 3.05) is 34.6 Å². The van der Waals surface area contributed by atoms with Crippen molar-refractivity contribution in [3.05, 3.63) is 59.7 Å². The number of hydrogen-bond donors (Lipinski definition) is 1. The Labute approximate surface area is 185 Å². The minimum absolute atomic E-state index is 0.148. The van der Waals surface area contributed by atoms with E-state index in [1.807, 2.05) is 6.92 Å². The standard InChI is InChI=1S/C24H31N3O3S/c1-19(20-10-12-22(13-11-20)26-14-3-2-4-15-26)25-24(28)21-8-7-9-23(18-21)27-16-5-6-17-31(27,29)30/h7-13,18-19H,2-6,14-17H2,1H3,(H,25,28). The molecule has 1 N–H and O–H groups in total. The fourth-order valence-electron chi connectivity index (χ4n) is 4.37. The van der Waals surface area contributed by atoms with Crippen LogP contribution < -0.4 is 14.5 Å². The van der Waals surface area contributed by atoms with Gasteiger partial charge in [-0.05, 0) is 74.9 Å². The van der Waals surface area contributed by atoms with Crippen LogP contribution >= 0.6 is 0 Å². The maximum absolute atomic E-state index is 12.9. The van der Waals surface area contributed by atoms with Crippen molar-refractivity contribution in [3.8, 4) is 0 Å². The summed E-state index contributed by atoms with van der Waals surface area (Å²) in [6.07, 6.45) is 5.31. The maximum atomic E-state index is 12.9. The van der Waals surface area contributed by atoms with E-state index in [1.54, 1.807) is 24.3 Å². The molecule has 6 nitrogen and oxygen atoms in total. The highest BCUT2D eigenvalue weighted by Crippen LogP contribution is 2.25. The van der Waals surface area contributed by atoms with Gasteiger partial charge in [0, 0.05) is 30.9 Å². The van der Waals surface area contributed by atoms with Crippen LogP contribution in [0.3, 0.4) is 0 Å². The number of benzene rings is 2. The average molecular weight is 442 g/mol.